The van der Waals surface area contributed by atoms with Gasteiger partial charge in [0.2, 0.25) is 11.8 Å². The first-order chi connectivity index (χ1) is 10.9. The molecule has 6 heteroatoms. The molecular formula is C18H28ClN3O2. The van der Waals surface area contributed by atoms with Gasteiger partial charge in [-0.3, -0.25) is 9.59 Å². The lowest BCUT2D eigenvalue weighted by atomic mass is 9.99. The zero-order valence-electron chi connectivity index (χ0n) is 14.6. The van der Waals surface area contributed by atoms with Gasteiger partial charge in [-0.05, 0) is 38.8 Å². The number of benzene rings is 1. The van der Waals surface area contributed by atoms with E-state index in [0.29, 0.717) is 6.04 Å². The zero-order valence-corrected chi connectivity index (χ0v) is 15.4. The Bertz CT molecular complexity index is 548. The van der Waals surface area contributed by atoms with Gasteiger partial charge in [0, 0.05) is 19.0 Å². The smallest absolute Gasteiger partial charge is 0.222 e. The van der Waals surface area contributed by atoms with E-state index in [-0.39, 0.29) is 42.7 Å². The molecule has 0 aliphatic carbocycles. The van der Waals surface area contributed by atoms with Crippen LogP contribution in [0.1, 0.15) is 50.3 Å². The summed E-state index contributed by atoms with van der Waals surface area (Å²) >= 11 is 0. The van der Waals surface area contributed by atoms with Crippen molar-refractivity contribution in [2.24, 2.45) is 0 Å². The maximum atomic E-state index is 12.4. The molecule has 134 valence electrons. The van der Waals surface area contributed by atoms with Gasteiger partial charge in [-0.1, -0.05) is 29.8 Å². The van der Waals surface area contributed by atoms with E-state index in [0.717, 1.165) is 30.5 Å². The summed E-state index contributed by atoms with van der Waals surface area (Å²) in [7, 11) is 0. The van der Waals surface area contributed by atoms with Gasteiger partial charge in [0.25, 0.3) is 0 Å². The lowest BCUT2D eigenvalue weighted by Gasteiger charge is -2.29. The van der Waals surface area contributed by atoms with Crippen LogP contribution in [0.25, 0.3) is 0 Å². The Morgan fingerprint density at radius 1 is 1.29 bits per heavy atom. The minimum atomic E-state index is -0.285. The van der Waals surface area contributed by atoms with Crippen LogP contribution < -0.4 is 16.0 Å². The highest BCUT2D eigenvalue weighted by Crippen LogP contribution is 2.18. The van der Waals surface area contributed by atoms with E-state index in [9.17, 15) is 9.59 Å². The topological polar surface area (TPSA) is 70.2 Å². The normalized spacial score (nSPS) is 21.3. The van der Waals surface area contributed by atoms with Crippen molar-refractivity contribution in [1.82, 2.24) is 16.0 Å². The summed E-state index contributed by atoms with van der Waals surface area (Å²) in [5.74, 6) is -0.137. The molecular weight excluding hydrogens is 326 g/mol. The van der Waals surface area contributed by atoms with Crippen LogP contribution in [0.2, 0.25) is 0 Å². The summed E-state index contributed by atoms with van der Waals surface area (Å²) in [4.78, 5) is 23.8. The summed E-state index contributed by atoms with van der Waals surface area (Å²) in [6.45, 7) is 6.56. The van der Waals surface area contributed by atoms with Gasteiger partial charge in [-0.15, -0.1) is 12.4 Å². The summed E-state index contributed by atoms with van der Waals surface area (Å²) in [6.07, 6.45) is 2.16. The van der Waals surface area contributed by atoms with Crippen molar-refractivity contribution in [2.45, 2.75) is 58.2 Å². The third-order valence-corrected chi connectivity index (χ3v) is 4.24. The standard InChI is InChI=1S/C18H27N3O2.ClH/c1-12-4-6-15(7-5-12)17(20-14(3)22)11-18(23)21-16-8-9-19-13(2)10-16;/h4-7,13,16-17,19H,8-11H2,1-3H3,(H,20,22)(H,21,23);1H. The average molecular weight is 354 g/mol. The highest BCUT2D eigenvalue weighted by atomic mass is 35.5. The highest BCUT2D eigenvalue weighted by Gasteiger charge is 2.22. The van der Waals surface area contributed by atoms with E-state index in [1.54, 1.807) is 0 Å². The summed E-state index contributed by atoms with van der Waals surface area (Å²) in [5, 5.41) is 9.36. The predicted octanol–water partition coefficient (Wildman–Crippen LogP) is 2.24. The number of halogens is 1. The van der Waals surface area contributed by atoms with Crippen LogP contribution in [0.4, 0.5) is 0 Å². The molecule has 2 amide bonds. The monoisotopic (exact) mass is 353 g/mol. The molecule has 1 fully saturated rings. The first kappa shape index (κ1) is 20.5. The molecule has 1 aromatic carbocycles. The van der Waals surface area contributed by atoms with E-state index in [1.807, 2.05) is 31.2 Å². The van der Waals surface area contributed by atoms with Crippen LogP contribution in [0.3, 0.4) is 0 Å². The van der Waals surface area contributed by atoms with Crippen molar-refractivity contribution in [1.29, 1.82) is 0 Å². The Labute approximate surface area is 150 Å². The lowest BCUT2D eigenvalue weighted by Crippen LogP contribution is -2.47. The van der Waals surface area contributed by atoms with Crippen molar-refractivity contribution in [2.75, 3.05) is 6.54 Å². The van der Waals surface area contributed by atoms with Crippen molar-refractivity contribution >= 4 is 24.2 Å². The van der Waals surface area contributed by atoms with E-state index >= 15 is 0 Å². The molecule has 5 nitrogen and oxygen atoms in total. The Hall–Kier alpha value is -1.59. The Kier molecular flexibility index (Phi) is 8.22. The number of rotatable bonds is 5. The maximum absolute atomic E-state index is 12.4. The molecule has 0 saturated carbocycles. The second-order valence-electron chi connectivity index (χ2n) is 6.51. The first-order valence-corrected chi connectivity index (χ1v) is 8.30. The molecule has 3 unspecified atom stereocenters. The third-order valence-electron chi connectivity index (χ3n) is 4.24. The minimum absolute atomic E-state index is 0. The largest absolute Gasteiger partial charge is 0.353 e. The maximum Gasteiger partial charge on any atom is 0.222 e. The van der Waals surface area contributed by atoms with Gasteiger partial charge in [-0.25, -0.2) is 0 Å². The average Bonchev–Trinajstić information content (AvgIpc) is 2.46. The molecule has 3 N–H and O–H groups in total. The molecule has 0 bridgehead atoms. The molecule has 1 heterocycles. The van der Waals surface area contributed by atoms with Crippen LogP contribution >= 0.6 is 12.4 Å². The molecule has 2 rings (SSSR count). The number of piperidine rings is 1. The van der Waals surface area contributed by atoms with E-state index in [2.05, 4.69) is 22.9 Å². The molecule has 1 aliphatic rings. The van der Waals surface area contributed by atoms with Crippen molar-refractivity contribution in [3.05, 3.63) is 35.4 Å². The number of carbonyl (C=O) groups excluding carboxylic acids is 2. The van der Waals surface area contributed by atoms with E-state index in [1.165, 1.54) is 6.92 Å². The number of aryl methyl sites for hydroxylation is 1. The van der Waals surface area contributed by atoms with Crippen LogP contribution in [0.5, 0.6) is 0 Å². The highest BCUT2D eigenvalue weighted by molar-refractivity contribution is 5.85. The number of hydrogen-bond donors (Lipinski definition) is 3. The van der Waals surface area contributed by atoms with Gasteiger partial charge in [0.05, 0.1) is 12.5 Å². The Balaban J connectivity index is 0.00000288. The molecule has 0 spiro atoms. The second kappa shape index (κ2) is 9.64. The fourth-order valence-corrected chi connectivity index (χ4v) is 3.03. The summed E-state index contributed by atoms with van der Waals surface area (Å²) in [6, 6.07) is 8.29. The zero-order chi connectivity index (χ0) is 16.8. The Morgan fingerprint density at radius 2 is 1.96 bits per heavy atom. The lowest BCUT2D eigenvalue weighted by molar-refractivity contribution is -0.123. The first-order valence-electron chi connectivity index (χ1n) is 8.30. The van der Waals surface area contributed by atoms with Gasteiger partial charge in [0.1, 0.15) is 0 Å². The van der Waals surface area contributed by atoms with Gasteiger partial charge in [-0.2, -0.15) is 0 Å². The summed E-state index contributed by atoms with van der Waals surface area (Å²) < 4.78 is 0. The van der Waals surface area contributed by atoms with Crippen LogP contribution in [-0.2, 0) is 9.59 Å². The number of nitrogens with one attached hydrogen (secondary N) is 3. The molecule has 1 aromatic rings. The van der Waals surface area contributed by atoms with Gasteiger partial charge in [0.15, 0.2) is 0 Å². The van der Waals surface area contributed by atoms with Crippen molar-refractivity contribution in [3.8, 4) is 0 Å². The third kappa shape index (κ3) is 6.49. The van der Waals surface area contributed by atoms with Crippen LogP contribution in [0.15, 0.2) is 24.3 Å². The second-order valence-corrected chi connectivity index (χ2v) is 6.51. The Morgan fingerprint density at radius 3 is 2.54 bits per heavy atom. The van der Waals surface area contributed by atoms with E-state index < -0.39 is 0 Å². The molecule has 3 atom stereocenters. The van der Waals surface area contributed by atoms with E-state index in [4.69, 9.17) is 0 Å². The molecule has 0 radical (unpaired) electrons. The number of carbonyl (C=O) groups is 2. The minimum Gasteiger partial charge on any atom is -0.353 e. The quantitative estimate of drug-likeness (QED) is 0.760. The fourth-order valence-electron chi connectivity index (χ4n) is 3.03. The SMILES string of the molecule is CC(=O)NC(CC(=O)NC1CCNC(C)C1)c1ccc(C)cc1.Cl. The van der Waals surface area contributed by atoms with Gasteiger partial charge >= 0.3 is 0 Å². The number of amides is 2. The molecule has 1 saturated heterocycles. The van der Waals surface area contributed by atoms with Crippen molar-refractivity contribution < 1.29 is 9.59 Å². The fraction of sp³-hybridized carbons (Fsp3) is 0.556. The molecule has 1 aliphatic heterocycles. The predicted molar refractivity (Wildman–Crippen MR) is 98.2 cm³/mol. The molecule has 0 aromatic heterocycles. The van der Waals surface area contributed by atoms with Crippen LogP contribution in [0, 0.1) is 6.92 Å². The molecule has 24 heavy (non-hydrogen) atoms. The summed E-state index contributed by atoms with van der Waals surface area (Å²) in [5.41, 5.74) is 2.11. The van der Waals surface area contributed by atoms with Crippen LogP contribution in [-0.4, -0.2) is 30.4 Å². The van der Waals surface area contributed by atoms with Crippen molar-refractivity contribution in [3.63, 3.8) is 0 Å². The number of hydrogen-bond acceptors (Lipinski definition) is 3. The van der Waals surface area contributed by atoms with Gasteiger partial charge < -0.3 is 16.0 Å².